The molecular formula is C22H28N2O5. The van der Waals surface area contributed by atoms with Gasteiger partial charge < -0.3 is 10.1 Å². The quantitative estimate of drug-likeness (QED) is 0.311. The van der Waals surface area contributed by atoms with E-state index in [-0.39, 0.29) is 46.7 Å². The van der Waals surface area contributed by atoms with E-state index in [1.807, 2.05) is 41.5 Å². The number of carbonyl (C=O) groups excluding carboxylic acids is 2. The lowest BCUT2D eigenvalue weighted by molar-refractivity contribution is -0.383. The molecule has 1 amide bonds. The summed E-state index contributed by atoms with van der Waals surface area (Å²) in [6.07, 6.45) is 0.375. The van der Waals surface area contributed by atoms with Gasteiger partial charge in [-0.1, -0.05) is 65.8 Å². The number of amides is 1. The number of fused-ring (bicyclic) bond motifs is 1. The third kappa shape index (κ3) is 6.27. The first kappa shape index (κ1) is 22.3. The zero-order chi connectivity index (χ0) is 22.0. The lowest BCUT2D eigenvalue weighted by Gasteiger charge is -2.19. The molecule has 156 valence electrons. The highest BCUT2D eigenvalue weighted by atomic mass is 16.6. The third-order valence-corrected chi connectivity index (χ3v) is 4.04. The minimum atomic E-state index is -0.583. The minimum Gasteiger partial charge on any atom is -0.426 e. The van der Waals surface area contributed by atoms with Crippen LogP contribution in [0, 0.1) is 20.9 Å². The van der Waals surface area contributed by atoms with Crippen LogP contribution in [0.1, 0.15) is 54.4 Å². The summed E-state index contributed by atoms with van der Waals surface area (Å²) in [5.74, 6) is -0.680. The normalized spacial score (nSPS) is 11.9. The smallest absolute Gasteiger partial charge is 0.311 e. The molecule has 2 rings (SSSR count). The minimum absolute atomic E-state index is 0.107. The number of carbonyl (C=O) groups is 2. The lowest BCUT2D eigenvalue weighted by atomic mass is 9.92. The van der Waals surface area contributed by atoms with E-state index in [0.29, 0.717) is 10.8 Å². The second-order valence-electron chi connectivity index (χ2n) is 9.57. The zero-order valence-electron chi connectivity index (χ0n) is 17.8. The molecule has 0 heterocycles. The summed E-state index contributed by atoms with van der Waals surface area (Å²) in [5.41, 5.74) is -0.753. The van der Waals surface area contributed by atoms with Gasteiger partial charge in [-0.05, 0) is 10.8 Å². The summed E-state index contributed by atoms with van der Waals surface area (Å²) in [5, 5.41) is 15.4. The van der Waals surface area contributed by atoms with Gasteiger partial charge in [0.05, 0.1) is 17.4 Å². The Kier molecular flexibility index (Phi) is 6.30. The first-order valence-corrected chi connectivity index (χ1v) is 9.47. The van der Waals surface area contributed by atoms with Crippen molar-refractivity contribution in [1.82, 2.24) is 0 Å². The Labute approximate surface area is 170 Å². The van der Waals surface area contributed by atoms with Gasteiger partial charge in [-0.2, -0.15) is 0 Å². The molecule has 0 radical (unpaired) electrons. The van der Waals surface area contributed by atoms with Crippen molar-refractivity contribution in [2.75, 3.05) is 5.32 Å². The van der Waals surface area contributed by atoms with E-state index in [0.717, 1.165) is 0 Å². The van der Waals surface area contributed by atoms with Crippen LogP contribution < -0.4 is 10.1 Å². The Bertz CT molecular complexity index is 952. The van der Waals surface area contributed by atoms with E-state index in [1.54, 1.807) is 24.3 Å². The van der Waals surface area contributed by atoms with Crippen LogP contribution in [0.15, 0.2) is 30.3 Å². The average molecular weight is 400 g/mol. The first-order chi connectivity index (χ1) is 13.3. The second-order valence-corrected chi connectivity index (χ2v) is 9.57. The molecule has 0 aliphatic carbocycles. The van der Waals surface area contributed by atoms with Crippen LogP contribution in [0.25, 0.3) is 10.8 Å². The number of anilines is 1. The fraction of sp³-hybridized carbons (Fsp3) is 0.455. The van der Waals surface area contributed by atoms with Crippen molar-refractivity contribution in [2.24, 2.45) is 10.8 Å². The highest BCUT2D eigenvalue weighted by Crippen LogP contribution is 2.40. The van der Waals surface area contributed by atoms with Crippen molar-refractivity contribution >= 4 is 34.0 Å². The number of rotatable bonds is 5. The molecule has 0 atom stereocenters. The second kappa shape index (κ2) is 8.19. The SMILES string of the molecule is CC(C)(C)CC(=O)Nc1c([N+](=O)[O-])cc(OC(=O)CC(C)(C)C)c2ccccc12. The van der Waals surface area contributed by atoms with Crippen molar-refractivity contribution < 1.29 is 19.2 Å². The molecule has 7 nitrogen and oxygen atoms in total. The summed E-state index contributed by atoms with van der Waals surface area (Å²) < 4.78 is 5.48. The predicted molar refractivity (Wildman–Crippen MR) is 113 cm³/mol. The van der Waals surface area contributed by atoms with Gasteiger partial charge in [0.2, 0.25) is 5.91 Å². The lowest BCUT2D eigenvalue weighted by Crippen LogP contribution is -2.20. The number of benzene rings is 2. The van der Waals surface area contributed by atoms with Crippen LogP contribution in [-0.2, 0) is 9.59 Å². The molecule has 29 heavy (non-hydrogen) atoms. The van der Waals surface area contributed by atoms with E-state index < -0.39 is 10.9 Å². The van der Waals surface area contributed by atoms with Crippen LogP contribution in [0.4, 0.5) is 11.4 Å². The van der Waals surface area contributed by atoms with Gasteiger partial charge in [0.15, 0.2) is 0 Å². The van der Waals surface area contributed by atoms with E-state index in [2.05, 4.69) is 5.32 Å². The number of nitro benzene ring substituents is 1. The Hall–Kier alpha value is -2.96. The number of ether oxygens (including phenoxy) is 1. The van der Waals surface area contributed by atoms with Gasteiger partial charge >= 0.3 is 5.97 Å². The molecule has 0 spiro atoms. The van der Waals surface area contributed by atoms with Crippen molar-refractivity contribution in [2.45, 2.75) is 54.4 Å². The molecule has 0 unspecified atom stereocenters. The molecule has 0 saturated heterocycles. The maximum atomic E-state index is 12.4. The number of hydrogen-bond acceptors (Lipinski definition) is 5. The Morgan fingerprint density at radius 2 is 1.55 bits per heavy atom. The molecule has 2 aromatic carbocycles. The third-order valence-electron chi connectivity index (χ3n) is 4.04. The van der Waals surface area contributed by atoms with Crippen LogP contribution in [-0.4, -0.2) is 16.8 Å². The molecule has 1 N–H and O–H groups in total. The van der Waals surface area contributed by atoms with Gasteiger partial charge in [0, 0.05) is 17.2 Å². The maximum absolute atomic E-state index is 12.4. The van der Waals surface area contributed by atoms with Gasteiger partial charge in [-0.3, -0.25) is 19.7 Å². The standard InChI is InChI=1S/C22H28N2O5/c1-21(2,3)12-18(25)23-20-15-10-8-7-9-14(15)17(11-16(20)24(27)28)29-19(26)13-22(4,5)6/h7-11H,12-13H2,1-6H3,(H,23,25). The van der Waals surface area contributed by atoms with Crippen LogP contribution in [0.3, 0.4) is 0 Å². The van der Waals surface area contributed by atoms with Crippen LogP contribution >= 0.6 is 0 Å². The monoisotopic (exact) mass is 400 g/mol. The average Bonchev–Trinajstić information content (AvgIpc) is 2.53. The molecule has 0 aliphatic heterocycles. The van der Waals surface area contributed by atoms with E-state index in [4.69, 9.17) is 4.74 Å². The predicted octanol–water partition coefficient (Wildman–Crippen LogP) is 5.46. The molecule has 0 aromatic heterocycles. The van der Waals surface area contributed by atoms with Gasteiger partial charge in [-0.15, -0.1) is 0 Å². The van der Waals surface area contributed by atoms with Gasteiger partial charge in [0.25, 0.3) is 5.69 Å². The van der Waals surface area contributed by atoms with Crippen LogP contribution in [0.5, 0.6) is 5.75 Å². The number of esters is 1. The number of nitro groups is 1. The van der Waals surface area contributed by atoms with Gasteiger partial charge in [-0.25, -0.2) is 0 Å². The van der Waals surface area contributed by atoms with E-state index in [9.17, 15) is 19.7 Å². The molecule has 0 bridgehead atoms. The van der Waals surface area contributed by atoms with E-state index >= 15 is 0 Å². The Morgan fingerprint density at radius 1 is 1.00 bits per heavy atom. The molecule has 0 fully saturated rings. The summed E-state index contributed by atoms with van der Waals surface area (Å²) in [6, 6.07) is 8.03. The molecular weight excluding hydrogens is 372 g/mol. The summed E-state index contributed by atoms with van der Waals surface area (Å²) in [6.45, 7) is 11.5. The first-order valence-electron chi connectivity index (χ1n) is 9.47. The van der Waals surface area contributed by atoms with Crippen LogP contribution in [0.2, 0.25) is 0 Å². The highest BCUT2D eigenvalue weighted by Gasteiger charge is 2.26. The van der Waals surface area contributed by atoms with Gasteiger partial charge in [0.1, 0.15) is 11.4 Å². The van der Waals surface area contributed by atoms with Crippen molar-refractivity contribution in [3.63, 3.8) is 0 Å². The number of nitrogens with one attached hydrogen (secondary N) is 1. The largest absolute Gasteiger partial charge is 0.426 e. The Morgan fingerprint density at radius 3 is 2.07 bits per heavy atom. The fourth-order valence-electron chi connectivity index (χ4n) is 2.94. The zero-order valence-corrected chi connectivity index (χ0v) is 17.8. The molecule has 0 saturated carbocycles. The summed E-state index contributed by atoms with van der Waals surface area (Å²) in [4.78, 5) is 35.9. The van der Waals surface area contributed by atoms with Crippen molar-refractivity contribution in [3.8, 4) is 5.75 Å². The topological polar surface area (TPSA) is 98.5 Å². The van der Waals surface area contributed by atoms with Crippen molar-refractivity contribution in [1.29, 1.82) is 0 Å². The van der Waals surface area contributed by atoms with Crippen molar-refractivity contribution in [3.05, 3.63) is 40.4 Å². The number of nitrogens with zero attached hydrogens (tertiary/aromatic N) is 1. The summed E-state index contributed by atoms with van der Waals surface area (Å²) >= 11 is 0. The molecule has 2 aromatic rings. The molecule has 0 aliphatic rings. The number of hydrogen-bond donors (Lipinski definition) is 1. The fourth-order valence-corrected chi connectivity index (χ4v) is 2.94. The molecule has 7 heteroatoms. The van der Waals surface area contributed by atoms with E-state index in [1.165, 1.54) is 6.07 Å². The summed E-state index contributed by atoms with van der Waals surface area (Å²) in [7, 11) is 0. The Balaban J connectivity index is 2.54. The highest BCUT2D eigenvalue weighted by molar-refractivity contribution is 6.08. The maximum Gasteiger partial charge on any atom is 0.311 e.